The van der Waals surface area contributed by atoms with E-state index in [-0.39, 0.29) is 5.56 Å². The van der Waals surface area contributed by atoms with Crippen molar-refractivity contribution in [3.05, 3.63) is 53.6 Å². The van der Waals surface area contributed by atoms with Crippen LogP contribution < -0.4 is 18.9 Å². The molecule has 0 saturated carbocycles. The van der Waals surface area contributed by atoms with Gasteiger partial charge in [0.25, 0.3) is 0 Å². The summed E-state index contributed by atoms with van der Waals surface area (Å²) >= 11 is 0. The molecule has 0 unspecified atom stereocenters. The summed E-state index contributed by atoms with van der Waals surface area (Å²) in [5.41, 5.74) is 1.82. The Morgan fingerprint density at radius 1 is 0.931 bits per heavy atom. The Kier molecular flexibility index (Phi) is 8.09. The first-order valence-corrected chi connectivity index (χ1v) is 8.96. The second-order valence-corrected chi connectivity index (χ2v) is 5.84. The predicted molar refractivity (Wildman–Crippen MR) is 111 cm³/mol. The summed E-state index contributed by atoms with van der Waals surface area (Å²) < 4.78 is 20.9. The molecule has 0 aliphatic rings. The second-order valence-electron chi connectivity index (χ2n) is 5.84. The SMILES string of the molecule is CCC(C=Cc1ccc(OC)cc1)=NOC(=O)c1cc(OC)c(OC)c(OC)c1. The monoisotopic (exact) mass is 399 g/mol. The zero-order valence-electron chi connectivity index (χ0n) is 17.2. The van der Waals surface area contributed by atoms with Gasteiger partial charge in [0.15, 0.2) is 11.5 Å². The van der Waals surface area contributed by atoms with Crippen molar-refractivity contribution in [1.29, 1.82) is 0 Å². The molecular weight excluding hydrogens is 374 g/mol. The van der Waals surface area contributed by atoms with E-state index in [4.69, 9.17) is 23.8 Å². The zero-order chi connectivity index (χ0) is 21.2. The molecule has 0 radical (unpaired) electrons. The Hall–Kier alpha value is -3.48. The smallest absolute Gasteiger partial charge is 0.366 e. The van der Waals surface area contributed by atoms with Crippen molar-refractivity contribution < 1.29 is 28.6 Å². The first kappa shape index (κ1) is 21.8. The van der Waals surface area contributed by atoms with Gasteiger partial charge in [-0.25, -0.2) is 4.79 Å². The van der Waals surface area contributed by atoms with E-state index >= 15 is 0 Å². The molecule has 2 aromatic rings. The average Bonchev–Trinajstić information content (AvgIpc) is 2.78. The number of carbonyl (C=O) groups is 1. The van der Waals surface area contributed by atoms with Crippen molar-refractivity contribution in [2.45, 2.75) is 13.3 Å². The van der Waals surface area contributed by atoms with E-state index in [0.29, 0.717) is 29.4 Å². The van der Waals surface area contributed by atoms with Crippen LogP contribution in [-0.2, 0) is 4.84 Å². The fraction of sp³-hybridized carbons (Fsp3) is 0.273. The van der Waals surface area contributed by atoms with E-state index in [1.165, 1.54) is 33.5 Å². The number of allylic oxidation sites excluding steroid dienone is 1. The summed E-state index contributed by atoms with van der Waals surface area (Å²) in [4.78, 5) is 17.5. The molecule has 2 aromatic carbocycles. The van der Waals surface area contributed by atoms with Crippen LogP contribution in [0.25, 0.3) is 6.08 Å². The molecule has 0 aromatic heterocycles. The lowest BCUT2D eigenvalue weighted by Gasteiger charge is -2.13. The van der Waals surface area contributed by atoms with E-state index in [1.807, 2.05) is 37.3 Å². The predicted octanol–water partition coefficient (Wildman–Crippen LogP) is 4.36. The largest absolute Gasteiger partial charge is 0.497 e. The van der Waals surface area contributed by atoms with Crippen LogP contribution in [0.4, 0.5) is 0 Å². The second kappa shape index (κ2) is 10.8. The van der Waals surface area contributed by atoms with Crippen LogP contribution in [0.5, 0.6) is 23.0 Å². The number of nitrogens with zero attached hydrogens (tertiary/aromatic N) is 1. The highest BCUT2D eigenvalue weighted by Gasteiger charge is 2.18. The Morgan fingerprint density at radius 2 is 1.55 bits per heavy atom. The van der Waals surface area contributed by atoms with Gasteiger partial charge in [-0.05, 0) is 42.3 Å². The number of benzene rings is 2. The third kappa shape index (κ3) is 5.75. The lowest BCUT2D eigenvalue weighted by atomic mass is 10.1. The van der Waals surface area contributed by atoms with Crippen molar-refractivity contribution >= 4 is 17.8 Å². The maximum atomic E-state index is 12.4. The van der Waals surface area contributed by atoms with E-state index in [0.717, 1.165) is 11.3 Å². The molecule has 0 aliphatic heterocycles. The summed E-state index contributed by atoms with van der Waals surface area (Å²) in [5, 5.41) is 3.96. The van der Waals surface area contributed by atoms with Crippen LogP contribution in [0.15, 0.2) is 47.6 Å². The minimum absolute atomic E-state index is 0.234. The molecule has 0 saturated heterocycles. The van der Waals surface area contributed by atoms with Gasteiger partial charge in [0.2, 0.25) is 5.75 Å². The van der Waals surface area contributed by atoms with E-state index in [1.54, 1.807) is 13.2 Å². The molecule has 0 aliphatic carbocycles. The average molecular weight is 399 g/mol. The lowest BCUT2D eigenvalue weighted by Crippen LogP contribution is -2.05. The van der Waals surface area contributed by atoms with Gasteiger partial charge in [0, 0.05) is 0 Å². The molecule has 0 atom stereocenters. The van der Waals surface area contributed by atoms with Crippen LogP contribution >= 0.6 is 0 Å². The van der Waals surface area contributed by atoms with Gasteiger partial charge in [-0.3, -0.25) is 0 Å². The minimum Gasteiger partial charge on any atom is -0.497 e. The van der Waals surface area contributed by atoms with Gasteiger partial charge < -0.3 is 23.8 Å². The number of rotatable bonds is 9. The van der Waals surface area contributed by atoms with Gasteiger partial charge in [0.05, 0.1) is 39.7 Å². The van der Waals surface area contributed by atoms with E-state index in [2.05, 4.69) is 5.16 Å². The van der Waals surface area contributed by atoms with Crippen LogP contribution in [0.2, 0.25) is 0 Å². The van der Waals surface area contributed by atoms with Crippen LogP contribution in [0.3, 0.4) is 0 Å². The standard InChI is InChI=1S/C22H25NO6/c1-6-17(10-7-15-8-11-18(25-2)12-9-15)23-29-22(24)16-13-19(26-3)21(28-5)20(14-16)27-4/h7-14H,6H2,1-5H3. The first-order valence-electron chi connectivity index (χ1n) is 8.96. The molecule has 2 rings (SSSR count). The highest BCUT2D eigenvalue weighted by atomic mass is 16.7. The fourth-order valence-corrected chi connectivity index (χ4v) is 2.47. The highest BCUT2D eigenvalue weighted by Crippen LogP contribution is 2.38. The molecule has 0 heterocycles. The van der Waals surface area contributed by atoms with Gasteiger partial charge >= 0.3 is 5.97 Å². The van der Waals surface area contributed by atoms with Crippen molar-refractivity contribution in [2.75, 3.05) is 28.4 Å². The molecular formula is C22H25NO6. The highest BCUT2D eigenvalue weighted by molar-refractivity contribution is 5.98. The number of hydrogen-bond acceptors (Lipinski definition) is 7. The molecule has 7 heteroatoms. The number of methoxy groups -OCH3 is 4. The van der Waals surface area contributed by atoms with Gasteiger partial charge in [-0.2, -0.15) is 0 Å². The third-order valence-corrected chi connectivity index (χ3v) is 4.09. The maximum Gasteiger partial charge on any atom is 0.366 e. The maximum absolute atomic E-state index is 12.4. The Labute approximate surface area is 170 Å². The molecule has 0 fully saturated rings. The molecule has 0 spiro atoms. The number of ether oxygens (including phenoxy) is 4. The van der Waals surface area contributed by atoms with Crippen molar-refractivity contribution in [3.8, 4) is 23.0 Å². The molecule has 0 bridgehead atoms. The van der Waals surface area contributed by atoms with Gasteiger partial charge in [-0.1, -0.05) is 30.3 Å². The zero-order valence-corrected chi connectivity index (χ0v) is 17.2. The number of carbonyl (C=O) groups excluding carboxylic acids is 1. The quantitative estimate of drug-likeness (QED) is 0.354. The van der Waals surface area contributed by atoms with Crippen molar-refractivity contribution in [3.63, 3.8) is 0 Å². The van der Waals surface area contributed by atoms with E-state index < -0.39 is 5.97 Å². The number of hydrogen-bond donors (Lipinski definition) is 0. The molecule has 7 nitrogen and oxygen atoms in total. The Balaban J connectivity index is 2.15. The minimum atomic E-state index is -0.631. The van der Waals surface area contributed by atoms with Gasteiger partial charge in [-0.15, -0.1) is 0 Å². The Bertz CT molecular complexity index is 862. The number of oxime groups is 1. The van der Waals surface area contributed by atoms with Crippen LogP contribution in [0, 0.1) is 0 Å². The van der Waals surface area contributed by atoms with Crippen LogP contribution in [0.1, 0.15) is 29.3 Å². The molecule has 29 heavy (non-hydrogen) atoms. The van der Waals surface area contributed by atoms with Crippen molar-refractivity contribution in [2.24, 2.45) is 5.16 Å². The third-order valence-electron chi connectivity index (χ3n) is 4.09. The topological polar surface area (TPSA) is 75.6 Å². The fourth-order valence-electron chi connectivity index (χ4n) is 2.47. The van der Waals surface area contributed by atoms with Crippen LogP contribution in [-0.4, -0.2) is 40.1 Å². The summed E-state index contributed by atoms with van der Waals surface area (Å²) in [7, 11) is 6.06. The summed E-state index contributed by atoms with van der Waals surface area (Å²) in [6.45, 7) is 1.92. The normalized spacial score (nSPS) is 11.3. The summed E-state index contributed by atoms with van der Waals surface area (Å²) in [6, 6.07) is 10.6. The molecule has 154 valence electrons. The lowest BCUT2D eigenvalue weighted by molar-refractivity contribution is 0.0515. The van der Waals surface area contributed by atoms with Crippen molar-refractivity contribution in [1.82, 2.24) is 0 Å². The Morgan fingerprint density at radius 3 is 2.03 bits per heavy atom. The van der Waals surface area contributed by atoms with Gasteiger partial charge in [0.1, 0.15) is 5.75 Å². The first-order chi connectivity index (χ1) is 14.1. The summed E-state index contributed by atoms with van der Waals surface area (Å²) in [5.74, 6) is 1.27. The summed E-state index contributed by atoms with van der Waals surface area (Å²) in [6.07, 6.45) is 4.27. The van der Waals surface area contributed by atoms with E-state index in [9.17, 15) is 4.79 Å². The molecule has 0 N–H and O–H groups in total. The molecule has 0 amide bonds.